The van der Waals surface area contributed by atoms with Crippen LogP contribution >= 0.6 is 15.9 Å². The minimum Gasteiger partial charge on any atom is -0.288 e. The molecule has 2 aromatic rings. The van der Waals surface area contributed by atoms with Gasteiger partial charge in [-0.25, -0.2) is 4.39 Å². The van der Waals surface area contributed by atoms with Crippen LogP contribution in [0.25, 0.3) is 0 Å². The van der Waals surface area contributed by atoms with Crippen molar-refractivity contribution in [2.45, 2.75) is 6.92 Å². The molecule has 17 heavy (non-hydrogen) atoms. The largest absolute Gasteiger partial charge is 0.288 e. The quantitative estimate of drug-likeness (QED) is 0.761. The fourth-order valence-electron chi connectivity index (χ4n) is 1.56. The molecule has 0 fully saturated rings. The van der Waals surface area contributed by atoms with Crippen molar-refractivity contribution in [2.24, 2.45) is 0 Å². The molecule has 0 heterocycles. The van der Waals surface area contributed by atoms with E-state index in [2.05, 4.69) is 15.9 Å². The molecule has 0 amide bonds. The highest BCUT2D eigenvalue weighted by atomic mass is 79.9. The van der Waals surface area contributed by atoms with Crippen LogP contribution in [0.2, 0.25) is 0 Å². The van der Waals surface area contributed by atoms with Gasteiger partial charge in [0.25, 0.3) is 0 Å². The van der Waals surface area contributed by atoms with Gasteiger partial charge in [0.1, 0.15) is 5.82 Å². The van der Waals surface area contributed by atoms with Gasteiger partial charge in [-0.2, -0.15) is 0 Å². The second-order valence-corrected chi connectivity index (χ2v) is 4.65. The number of hydrogen-bond donors (Lipinski definition) is 0. The molecule has 0 saturated carbocycles. The fourth-order valence-corrected chi connectivity index (χ4v) is 2.09. The molecule has 0 aliphatic carbocycles. The normalized spacial score (nSPS) is 10.3. The lowest BCUT2D eigenvalue weighted by atomic mass is 10.0. The zero-order chi connectivity index (χ0) is 12.4. The Morgan fingerprint density at radius 3 is 2.35 bits per heavy atom. The van der Waals surface area contributed by atoms with Crippen molar-refractivity contribution < 1.29 is 9.18 Å². The van der Waals surface area contributed by atoms with Gasteiger partial charge in [-0.05, 0) is 35.0 Å². The first kappa shape index (κ1) is 12.0. The first-order valence-corrected chi connectivity index (χ1v) is 5.94. The summed E-state index contributed by atoms with van der Waals surface area (Å²) in [6.45, 7) is 1.94. The number of ketones is 1. The number of benzene rings is 2. The molecule has 2 aromatic carbocycles. The van der Waals surface area contributed by atoms with E-state index in [0.29, 0.717) is 10.0 Å². The monoisotopic (exact) mass is 292 g/mol. The number of halogens is 2. The van der Waals surface area contributed by atoms with Gasteiger partial charge in [-0.3, -0.25) is 4.79 Å². The summed E-state index contributed by atoms with van der Waals surface area (Å²) >= 11 is 3.20. The number of carbonyl (C=O) groups excluding carboxylic acids is 1. The predicted molar refractivity (Wildman–Crippen MR) is 68.7 cm³/mol. The van der Waals surface area contributed by atoms with Gasteiger partial charge in [-0.15, -0.1) is 0 Å². The first-order chi connectivity index (χ1) is 8.09. The Morgan fingerprint density at radius 2 is 1.76 bits per heavy atom. The summed E-state index contributed by atoms with van der Waals surface area (Å²) in [7, 11) is 0. The highest BCUT2D eigenvalue weighted by Crippen LogP contribution is 2.22. The standard InChI is InChI=1S/C14H10BrFO/c1-9-5-7-10(8-6-9)14(17)13-11(15)3-2-4-12(13)16/h2-8H,1H3. The van der Waals surface area contributed by atoms with E-state index in [1.807, 2.05) is 19.1 Å². The van der Waals surface area contributed by atoms with Crippen LogP contribution in [0.15, 0.2) is 46.9 Å². The molecule has 1 nitrogen and oxygen atoms in total. The number of aryl methyl sites for hydroxylation is 1. The fraction of sp³-hybridized carbons (Fsp3) is 0.0714. The zero-order valence-electron chi connectivity index (χ0n) is 9.21. The SMILES string of the molecule is Cc1ccc(C(=O)c2c(F)cccc2Br)cc1. The third-order valence-electron chi connectivity index (χ3n) is 2.50. The molecule has 0 aromatic heterocycles. The van der Waals surface area contributed by atoms with E-state index in [1.54, 1.807) is 24.3 Å². The van der Waals surface area contributed by atoms with Gasteiger partial charge in [0.05, 0.1) is 5.56 Å². The van der Waals surface area contributed by atoms with Crippen LogP contribution in [-0.4, -0.2) is 5.78 Å². The molecule has 0 bridgehead atoms. The van der Waals surface area contributed by atoms with Crippen LogP contribution in [-0.2, 0) is 0 Å². The molecular weight excluding hydrogens is 283 g/mol. The van der Waals surface area contributed by atoms with E-state index in [-0.39, 0.29) is 11.3 Å². The van der Waals surface area contributed by atoms with Gasteiger partial charge in [0.2, 0.25) is 0 Å². The summed E-state index contributed by atoms with van der Waals surface area (Å²) in [5, 5.41) is 0. The summed E-state index contributed by atoms with van der Waals surface area (Å²) in [6, 6.07) is 11.6. The average Bonchev–Trinajstić information content (AvgIpc) is 2.29. The van der Waals surface area contributed by atoms with E-state index in [4.69, 9.17) is 0 Å². The molecular formula is C14H10BrFO. The summed E-state index contributed by atoms with van der Waals surface area (Å²) in [5.41, 5.74) is 1.63. The maximum atomic E-state index is 13.6. The lowest BCUT2D eigenvalue weighted by Crippen LogP contribution is -2.05. The molecule has 0 spiro atoms. The Balaban J connectivity index is 2.47. The molecule has 0 aliphatic rings. The van der Waals surface area contributed by atoms with Gasteiger partial charge in [0.15, 0.2) is 5.78 Å². The molecule has 0 unspecified atom stereocenters. The molecule has 86 valence electrons. The first-order valence-electron chi connectivity index (χ1n) is 5.15. The van der Waals surface area contributed by atoms with Gasteiger partial charge >= 0.3 is 0 Å². The smallest absolute Gasteiger partial charge is 0.197 e. The molecule has 3 heteroatoms. The van der Waals surface area contributed by atoms with Crippen molar-refractivity contribution in [1.29, 1.82) is 0 Å². The highest BCUT2D eigenvalue weighted by molar-refractivity contribution is 9.10. The third kappa shape index (κ3) is 2.44. The zero-order valence-corrected chi connectivity index (χ0v) is 10.8. The second kappa shape index (κ2) is 4.80. The van der Waals surface area contributed by atoms with Crippen molar-refractivity contribution in [1.82, 2.24) is 0 Å². The Labute approximate surface area is 107 Å². The highest BCUT2D eigenvalue weighted by Gasteiger charge is 2.16. The third-order valence-corrected chi connectivity index (χ3v) is 3.16. The van der Waals surface area contributed by atoms with E-state index >= 15 is 0 Å². The van der Waals surface area contributed by atoms with Crippen molar-refractivity contribution >= 4 is 21.7 Å². The Kier molecular flexibility index (Phi) is 3.38. The predicted octanol–water partition coefficient (Wildman–Crippen LogP) is 4.13. The van der Waals surface area contributed by atoms with Crippen LogP contribution in [0.1, 0.15) is 21.5 Å². The van der Waals surface area contributed by atoms with Gasteiger partial charge < -0.3 is 0 Å². The molecule has 0 saturated heterocycles. The summed E-state index contributed by atoms with van der Waals surface area (Å²) < 4.78 is 14.1. The van der Waals surface area contributed by atoms with Crippen LogP contribution in [0.5, 0.6) is 0 Å². The maximum absolute atomic E-state index is 13.6. The van der Waals surface area contributed by atoms with Crippen LogP contribution < -0.4 is 0 Å². The summed E-state index contributed by atoms with van der Waals surface area (Å²) in [6.07, 6.45) is 0. The van der Waals surface area contributed by atoms with Gasteiger partial charge in [-0.1, -0.05) is 35.9 Å². The Bertz CT molecular complexity index is 541. The van der Waals surface area contributed by atoms with E-state index < -0.39 is 5.82 Å². The molecule has 0 aliphatic heterocycles. The van der Waals surface area contributed by atoms with E-state index in [1.165, 1.54) is 6.07 Å². The lowest BCUT2D eigenvalue weighted by Gasteiger charge is -2.05. The van der Waals surface area contributed by atoms with Crippen molar-refractivity contribution in [3.8, 4) is 0 Å². The minimum atomic E-state index is -0.509. The topological polar surface area (TPSA) is 17.1 Å². The summed E-state index contributed by atoms with van der Waals surface area (Å²) in [4.78, 5) is 12.1. The van der Waals surface area contributed by atoms with Crippen LogP contribution in [0, 0.1) is 12.7 Å². The van der Waals surface area contributed by atoms with Crippen molar-refractivity contribution in [3.63, 3.8) is 0 Å². The van der Waals surface area contributed by atoms with Crippen molar-refractivity contribution in [3.05, 3.63) is 69.4 Å². The molecule has 0 N–H and O–H groups in total. The maximum Gasteiger partial charge on any atom is 0.197 e. The number of hydrogen-bond acceptors (Lipinski definition) is 1. The minimum absolute atomic E-state index is 0.0800. The van der Waals surface area contributed by atoms with E-state index in [9.17, 15) is 9.18 Å². The molecule has 0 radical (unpaired) electrons. The average molecular weight is 293 g/mol. The lowest BCUT2D eigenvalue weighted by molar-refractivity contribution is 0.103. The van der Waals surface area contributed by atoms with E-state index in [0.717, 1.165) is 5.56 Å². The molecule has 0 atom stereocenters. The number of rotatable bonds is 2. The summed E-state index contributed by atoms with van der Waals surface area (Å²) in [5.74, 6) is -0.820. The second-order valence-electron chi connectivity index (χ2n) is 3.79. The Hall–Kier alpha value is -1.48. The van der Waals surface area contributed by atoms with Crippen molar-refractivity contribution in [2.75, 3.05) is 0 Å². The van der Waals surface area contributed by atoms with Crippen LogP contribution in [0.4, 0.5) is 4.39 Å². The number of carbonyl (C=O) groups is 1. The molecule has 2 rings (SSSR count). The van der Waals surface area contributed by atoms with Gasteiger partial charge in [0, 0.05) is 10.0 Å². The van der Waals surface area contributed by atoms with Crippen LogP contribution in [0.3, 0.4) is 0 Å². The Morgan fingerprint density at radius 1 is 1.12 bits per heavy atom.